The summed E-state index contributed by atoms with van der Waals surface area (Å²) in [5, 5.41) is 0. The Morgan fingerprint density at radius 3 is 2.12 bits per heavy atom. The number of hydrogen-bond acceptors (Lipinski definition) is 3. The standard InChI is InChI=1S/C19H23O3PTe/c1-4-21-23(20,22-5-2)15-19(17-9-7-6-8-10-17)24-18-13-11-16(3)12-14-18/h6-15H,4-5H2,1-3H3/b19-15-. The molecule has 24 heavy (non-hydrogen) atoms. The first-order chi connectivity index (χ1) is 11.6. The van der Waals surface area contributed by atoms with Crippen LogP contribution in [0.2, 0.25) is 0 Å². The van der Waals surface area contributed by atoms with E-state index in [-0.39, 0.29) is 0 Å². The van der Waals surface area contributed by atoms with Gasteiger partial charge in [0.05, 0.1) is 0 Å². The minimum atomic E-state index is -3.22. The summed E-state index contributed by atoms with van der Waals surface area (Å²) in [5.41, 5.74) is 2.32. The zero-order valence-electron chi connectivity index (χ0n) is 14.3. The van der Waals surface area contributed by atoms with E-state index < -0.39 is 28.5 Å². The van der Waals surface area contributed by atoms with E-state index in [0.717, 1.165) is 9.18 Å². The van der Waals surface area contributed by atoms with Gasteiger partial charge < -0.3 is 0 Å². The molecule has 0 unspecified atom stereocenters. The average molecular weight is 458 g/mol. The number of aryl methyl sites for hydroxylation is 1. The third kappa shape index (κ3) is 5.88. The monoisotopic (exact) mass is 460 g/mol. The van der Waals surface area contributed by atoms with Gasteiger partial charge in [-0.1, -0.05) is 0 Å². The minimum absolute atomic E-state index is 0.362. The third-order valence-corrected chi connectivity index (χ3v) is 8.64. The van der Waals surface area contributed by atoms with E-state index in [1.165, 1.54) is 9.17 Å². The molecule has 0 spiro atoms. The Hall–Kier alpha value is -0.880. The molecule has 0 saturated carbocycles. The topological polar surface area (TPSA) is 35.5 Å². The Bertz CT molecular complexity index is 701. The Kier molecular flexibility index (Phi) is 7.75. The molecular weight excluding hydrogens is 435 g/mol. The van der Waals surface area contributed by atoms with E-state index in [4.69, 9.17) is 9.05 Å². The van der Waals surface area contributed by atoms with Crippen molar-refractivity contribution < 1.29 is 13.6 Å². The molecular formula is C19H23O3PTe. The van der Waals surface area contributed by atoms with Crippen LogP contribution in [-0.4, -0.2) is 34.1 Å². The average Bonchev–Trinajstić information content (AvgIpc) is 2.57. The SMILES string of the molecule is CCOP(=O)(/C=C(\[Te]c1ccc(C)cc1)c1ccccc1)OCC. The molecule has 0 atom stereocenters. The molecule has 128 valence electrons. The van der Waals surface area contributed by atoms with Crippen LogP contribution in [0.15, 0.2) is 60.4 Å². The van der Waals surface area contributed by atoms with E-state index in [0.29, 0.717) is 13.2 Å². The number of benzene rings is 2. The second kappa shape index (κ2) is 9.56. The van der Waals surface area contributed by atoms with Gasteiger partial charge in [-0.15, -0.1) is 0 Å². The first-order valence-corrected chi connectivity index (χ1v) is 11.9. The molecule has 0 radical (unpaired) electrons. The maximum absolute atomic E-state index is 12.9. The summed E-state index contributed by atoms with van der Waals surface area (Å²) in [6.45, 7) is 6.47. The fourth-order valence-electron chi connectivity index (χ4n) is 2.11. The number of hydrogen-bond donors (Lipinski definition) is 0. The van der Waals surface area contributed by atoms with Crippen LogP contribution in [0.1, 0.15) is 25.0 Å². The molecule has 0 aliphatic carbocycles. The van der Waals surface area contributed by atoms with Crippen molar-refractivity contribution in [2.75, 3.05) is 13.2 Å². The molecule has 2 aromatic carbocycles. The van der Waals surface area contributed by atoms with E-state index >= 15 is 0 Å². The van der Waals surface area contributed by atoms with Crippen molar-refractivity contribution in [3.05, 3.63) is 71.5 Å². The van der Waals surface area contributed by atoms with Gasteiger partial charge in [-0.25, -0.2) is 0 Å². The van der Waals surface area contributed by atoms with Crippen molar-refractivity contribution in [1.82, 2.24) is 0 Å². The van der Waals surface area contributed by atoms with Crippen LogP contribution in [0.5, 0.6) is 0 Å². The molecule has 5 heteroatoms. The molecule has 2 aromatic rings. The van der Waals surface area contributed by atoms with Gasteiger partial charge in [-0.3, -0.25) is 0 Å². The van der Waals surface area contributed by atoms with Crippen molar-refractivity contribution in [2.45, 2.75) is 20.8 Å². The van der Waals surface area contributed by atoms with E-state index in [1.807, 2.05) is 44.2 Å². The van der Waals surface area contributed by atoms with Crippen LogP contribution >= 0.6 is 7.60 Å². The summed E-state index contributed by atoms with van der Waals surface area (Å²) in [6.07, 6.45) is 0. The van der Waals surface area contributed by atoms with Crippen LogP contribution in [0, 0.1) is 6.92 Å². The summed E-state index contributed by atoms with van der Waals surface area (Å²) in [6, 6.07) is 18.6. The van der Waals surface area contributed by atoms with Crippen LogP contribution in [0.4, 0.5) is 0 Å². The van der Waals surface area contributed by atoms with Gasteiger partial charge in [0.15, 0.2) is 0 Å². The van der Waals surface area contributed by atoms with Crippen LogP contribution in [0.25, 0.3) is 3.62 Å². The Morgan fingerprint density at radius 2 is 1.58 bits per heavy atom. The summed E-state index contributed by atoms with van der Waals surface area (Å²) in [7, 11) is -3.22. The van der Waals surface area contributed by atoms with E-state index in [2.05, 4.69) is 31.2 Å². The second-order valence-corrected chi connectivity index (χ2v) is 10.2. The van der Waals surface area contributed by atoms with Crippen molar-refractivity contribution >= 4 is 35.8 Å². The van der Waals surface area contributed by atoms with Crippen molar-refractivity contribution in [2.24, 2.45) is 0 Å². The van der Waals surface area contributed by atoms with Gasteiger partial charge in [0.25, 0.3) is 0 Å². The first kappa shape index (κ1) is 19.4. The fourth-order valence-corrected chi connectivity index (χ4v) is 7.33. The van der Waals surface area contributed by atoms with Gasteiger partial charge in [0.1, 0.15) is 0 Å². The van der Waals surface area contributed by atoms with Crippen LogP contribution in [0.3, 0.4) is 0 Å². The molecule has 0 bridgehead atoms. The van der Waals surface area contributed by atoms with Crippen LogP contribution < -0.4 is 3.61 Å². The fraction of sp³-hybridized carbons (Fsp3) is 0.263. The molecule has 3 nitrogen and oxygen atoms in total. The predicted octanol–water partition coefficient (Wildman–Crippen LogP) is 4.59. The molecule has 0 amide bonds. The van der Waals surface area contributed by atoms with E-state index in [1.54, 1.807) is 5.82 Å². The Labute approximate surface area is 154 Å². The summed E-state index contributed by atoms with van der Waals surface area (Å²) in [4.78, 5) is 0. The van der Waals surface area contributed by atoms with Crippen molar-refractivity contribution in [1.29, 1.82) is 0 Å². The summed E-state index contributed by atoms with van der Waals surface area (Å²) >= 11 is -0.702. The van der Waals surface area contributed by atoms with Gasteiger partial charge in [-0.2, -0.15) is 0 Å². The third-order valence-electron chi connectivity index (χ3n) is 3.20. The predicted molar refractivity (Wildman–Crippen MR) is 102 cm³/mol. The summed E-state index contributed by atoms with van der Waals surface area (Å²) in [5.74, 6) is 1.73. The van der Waals surface area contributed by atoms with Gasteiger partial charge in [-0.05, 0) is 0 Å². The van der Waals surface area contributed by atoms with Gasteiger partial charge in [0, 0.05) is 0 Å². The van der Waals surface area contributed by atoms with Crippen LogP contribution in [-0.2, 0) is 13.6 Å². The Morgan fingerprint density at radius 1 is 1.00 bits per heavy atom. The second-order valence-electron chi connectivity index (χ2n) is 5.15. The van der Waals surface area contributed by atoms with Crippen molar-refractivity contribution in [3.8, 4) is 0 Å². The van der Waals surface area contributed by atoms with Gasteiger partial charge >= 0.3 is 155 Å². The van der Waals surface area contributed by atoms with E-state index in [9.17, 15) is 4.57 Å². The molecule has 0 N–H and O–H groups in total. The molecule has 0 heterocycles. The first-order valence-electron chi connectivity index (χ1n) is 7.98. The van der Waals surface area contributed by atoms with Crippen molar-refractivity contribution in [3.63, 3.8) is 0 Å². The molecule has 0 fully saturated rings. The van der Waals surface area contributed by atoms with Gasteiger partial charge in [0.2, 0.25) is 0 Å². The zero-order valence-corrected chi connectivity index (χ0v) is 17.5. The summed E-state index contributed by atoms with van der Waals surface area (Å²) < 4.78 is 26.2. The molecule has 0 aromatic heterocycles. The molecule has 2 rings (SSSR count). The molecule has 0 aliphatic rings. The Balaban J connectivity index is 2.40. The molecule has 0 aliphatic heterocycles. The molecule has 0 saturated heterocycles. The maximum atomic E-state index is 12.9. The normalized spacial score (nSPS) is 12.4. The number of rotatable bonds is 8. The quantitative estimate of drug-likeness (QED) is 0.429. The zero-order chi connectivity index (χ0) is 17.4.